The van der Waals surface area contributed by atoms with Crippen LogP contribution in [0.2, 0.25) is 0 Å². The maximum atomic E-state index is 5.98. The van der Waals surface area contributed by atoms with Gasteiger partial charge < -0.3 is 14.5 Å². The number of benzene rings is 1. The molecule has 1 atom stereocenters. The topological polar surface area (TPSA) is 41.5 Å². The van der Waals surface area contributed by atoms with Crippen LogP contribution in [-0.4, -0.2) is 42.8 Å². The van der Waals surface area contributed by atoms with E-state index in [-0.39, 0.29) is 6.10 Å². The molecule has 5 nitrogen and oxygen atoms in total. The average molecular weight is 389 g/mol. The largest absolute Gasteiger partial charge is 0.370 e. The summed E-state index contributed by atoms with van der Waals surface area (Å²) < 4.78 is 7.07. The molecule has 1 aromatic heterocycles. The molecule has 6 heteroatoms. The van der Waals surface area contributed by atoms with Crippen LogP contribution in [0.15, 0.2) is 41.1 Å². The lowest BCUT2D eigenvalue weighted by molar-refractivity contribution is 0.0395. The molecule has 0 bridgehead atoms. The molecule has 126 valence electrons. The van der Waals surface area contributed by atoms with E-state index in [2.05, 4.69) is 60.0 Å². The molecular weight excluding hydrogens is 368 g/mol. The third-order valence-corrected chi connectivity index (χ3v) is 5.17. The average Bonchev–Trinajstić information content (AvgIpc) is 3.17. The van der Waals surface area contributed by atoms with Crippen LogP contribution in [0.5, 0.6) is 0 Å². The number of ether oxygens (including phenoxy) is 1. The van der Waals surface area contributed by atoms with Crippen molar-refractivity contribution in [3.63, 3.8) is 0 Å². The zero-order valence-corrected chi connectivity index (χ0v) is 15.2. The van der Waals surface area contributed by atoms with Gasteiger partial charge in [0.25, 0.3) is 0 Å². The molecule has 2 saturated heterocycles. The molecule has 0 saturated carbocycles. The number of nitrogens with zero attached hydrogens (tertiary/aromatic N) is 4. The first-order chi connectivity index (χ1) is 11.8. The third-order valence-electron chi connectivity index (χ3n) is 4.68. The van der Waals surface area contributed by atoms with Crippen molar-refractivity contribution in [3.8, 4) is 0 Å². The minimum Gasteiger partial charge on any atom is -0.370 e. The van der Waals surface area contributed by atoms with Gasteiger partial charge in [-0.2, -0.15) is 0 Å². The van der Waals surface area contributed by atoms with Gasteiger partial charge in [0.1, 0.15) is 24.1 Å². The Hall–Kier alpha value is -1.66. The lowest BCUT2D eigenvalue weighted by Crippen LogP contribution is -2.39. The van der Waals surface area contributed by atoms with Crippen molar-refractivity contribution in [2.75, 3.05) is 42.6 Å². The van der Waals surface area contributed by atoms with E-state index < -0.39 is 0 Å². The van der Waals surface area contributed by atoms with Gasteiger partial charge in [-0.1, -0.05) is 28.1 Å². The second-order valence-electron chi connectivity index (χ2n) is 6.29. The number of rotatable bonds is 3. The van der Waals surface area contributed by atoms with Crippen molar-refractivity contribution in [2.24, 2.45) is 0 Å². The maximum absolute atomic E-state index is 5.98. The monoisotopic (exact) mass is 388 g/mol. The van der Waals surface area contributed by atoms with Crippen molar-refractivity contribution in [1.29, 1.82) is 0 Å². The van der Waals surface area contributed by atoms with E-state index in [0.29, 0.717) is 6.61 Å². The van der Waals surface area contributed by atoms with Crippen molar-refractivity contribution in [3.05, 3.63) is 46.7 Å². The lowest BCUT2D eigenvalue weighted by atomic mass is 10.1. The second-order valence-corrected chi connectivity index (χ2v) is 7.20. The zero-order chi connectivity index (χ0) is 16.4. The Balaban J connectivity index is 1.52. The first kappa shape index (κ1) is 15.8. The molecule has 0 radical (unpaired) electrons. The Kier molecular flexibility index (Phi) is 4.67. The number of anilines is 2. The van der Waals surface area contributed by atoms with Gasteiger partial charge in [-0.25, -0.2) is 9.97 Å². The number of hydrogen-bond donors (Lipinski definition) is 0. The molecule has 24 heavy (non-hydrogen) atoms. The van der Waals surface area contributed by atoms with Gasteiger partial charge >= 0.3 is 0 Å². The van der Waals surface area contributed by atoms with Gasteiger partial charge in [0.15, 0.2) is 0 Å². The highest BCUT2D eigenvalue weighted by Gasteiger charge is 2.24. The molecule has 0 aliphatic carbocycles. The Morgan fingerprint density at radius 1 is 1.00 bits per heavy atom. The van der Waals surface area contributed by atoms with E-state index in [1.54, 1.807) is 6.33 Å². The van der Waals surface area contributed by atoms with E-state index in [1.807, 2.05) is 6.07 Å². The molecule has 2 aliphatic rings. The van der Waals surface area contributed by atoms with Crippen molar-refractivity contribution in [1.82, 2.24) is 9.97 Å². The first-order valence-electron chi connectivity index (χ1n) is 8.48. The van der Waals surface area contributed by atoms with Crippen LogP contribution in [-0.2, 0) is 4.74 Å². The van der Waals surface area contributed by atoms with Crippen LogP contribution in [0, 0.1) is 0 Å². The smallest absolute Gasteiger partial charge is 0.134 e. The van der Waals surface area contributed by atoms with E-state index >= 15 is 0 Å². The summed E-state index contributed by atoms with van der Waals surface area (Å²) in [4.78, 5) is 13.6. The maximum Gasteiger partial charge on any atom is 0.134 e. The highest BCUT2D eigenvalue weighted by atomic mass is 79.9. The summed E-state index contributed by atoms with van der Waals surface area (Å²) in [5.41, 5.74) is 1.20. The van der Waals surface area contributed by atoms with Crippen LogP contribution in [0.3, 0.4) is 0 Å². The van der Waals surface area contributed by atoms with E-state index in [9.17, 15) is 0 Å². The van der Waals surface area contributed by atoms with Crippen LogP contribution in [0.4, 0.5) is 11.6 Å². The Labute approximate surface area is 150 Å². The fourth-order valence-electron chi connectivity index (χ4n) is 3.40. The third kappa shape index (κ3) is 3.39. The van der Waals surface area contributed by atoms with E-state index in [0.717, 1.165) is 42.3 Å². The second kappa shape index (κ2) is 7.07. The van der Waals surface area contributed by atoms with Gasteiger partial charge in [0.05, 0.1) is 6.61 Å². The molecule has 0 spiro atoms. The number of morpholine rings is 1. The first-order valence-corrected chi connectivity index (χ1v) is 9.28. The molecule has 3 heterocycles. The molecule has 1 aromatic carbocycles. The van der Waals surface area contributed by atoms with Crippen molar-refractivity contribution >= 4 is 27.6 Å². The number of halogens is 1. The summed E-state index contributed by atoms with van der Waals surface area (Å²) >= 11 is 3.54. The standard InChI is InChI=1S/C18H21BrN4O/c19-15-5-3-4-14(10-15)16-12-23(8-9-24-16)18-11-17(20-13-21-18)22-6-1-2-7-22/h3-5,10-11,13,16H,1-2,6-9,12H2. The Morgan fingerprint density at radius 3 is 2.58 bits per heavy atom. The lowest BCUT2D eigenvalue weighted by Gasteiger charge is -2.34. The highest BCUT2D eigenvalue weighted by molar-refractivity contribution is 9.10. The van der Waals surface area contributed by atoms with Gasteiger partial charge in [-0.3, -0.25) is 0 Å². The summed E-state index contributed by atoms with van der Waals surface area (Å²) in [5.74, 6) is 2.04. The van der Waals surface area contributed by atoms with Crippen LogP contribution in [0.1, 0.15) is 24.5 Å². The summed E-state index contributed by atoms with van der Waals surface area (Å²) in [6.07, 6.45) is 4.26. The number of aromatic nitrogens is 2. The number of hydrogen-bond acceptors (Lipinski definition) is 5. The summed E-state index contributed by atoms with van der Waals surface area (Å²) in [6, 6.07) is 10.5. The van der Waals surface area contributed by atoms with Gasteiger partial charge in [0, 0.05) is 36.7 Å². The Morgan fingerprint density at radius 2 is 1.79 bits per heavy atom. The normalized spacial score (nSPS) is 21.3. The molecule has 0 amide bonds. The highest BCUT2D eigenvalue weighted by Crippen LogP contribution is 2.28. The molecule has 2 fully saturated rings. The van der Waals surface area contributed by atoms with Crippen LogP contribution < -0.4 is 9.80 Å². The predicted molar refractivity (Wildman–Crippen MR) is 98.5 cm³/mol. The van der Waals surface area contributed by atoms with Gasteiger partial charge in [-0.15, -0.1) is 0 Å². The molecule has 2 aromatic rings. The summed E-state index contributed by atoms with van der Waals surface area (Å²) in [5, 5.41) is 0. The summed E-state index contributed by atoms with van der Waals surface area (Å²) in [6.45, 7) is 4.58. The summed E-state index contributed by atoms with van der Waals surface area (Å²) in [7, 11) is 0. The predicted octanol–water partition coefficient (Wildman–Crippen LogP) is 3.42. The van der Waals surface area contributed by atoms with E-state index in [4.69, 9.17) is 4.74 Å². The minimum atomic E-state index is 0.0708. The molecule has 0 N–H and O–H groups in total. The molecule has 4 rings (SSSR count). The van der Waals surface area contributed by atoms with Crippen molar-refractivity contribution in [2.45, 2.75) is 18.9 Å². The van der Waals surface area contributed by atoms with Gasteiger partial charge in [0.2, 0.25) is 0 Å². The Bertz CT molecular complexity index is 705. The zero-order valence-electron chi connectivity index (χ0n) is 13.6. The fourth-order valence-corrected chi connectivity index (χ4v) is 3.81. The SMILES string of the molecule is Brc1cccc(C2CN(c3cc(N4CCCC4)ncn3)CCO2)c1. The van der Waals surface area contributed by atoms with Gasteiger partial charge in [-0.05, 0) is 30.5 Å². The van der Waals surface area contributed by atoms with E-state index in [1.165, 1.54) is 18.4 Å². The molecular formula is C18H21BrN4O. The van der Waals surface area contributed by atoms with Crippen molar-refractivity contribution < 1.29 is 4.74 Å². The molecule has 1 unspecified atom stereocenters. The minimum absolute atomic E-state index is 0.0708. The fraction of sp³-hybridized carbons (Fsp3) is 0.444. The van der Waals surface area contributed by atoms with Crippen LogP contribution in [0.25, 0.3) is 0 Å². The quantitative estimate of drug-likeness (QED) is 0.805. The molecule has 2 aliphatic heterocycles. The van der Waals surface area contributed by atoms with Crippen LogP contribution >= 0.6 is 15.9 Å².